The Kier molecular flexibility index (Phi) is 6.67. The Balaban J connectivity index is 1.45. The van der Waals surface area contributed by atoms with E-state index in [-0.39, 0.29) is 0 Å². The number of rotatable bonds is 6. The number of anilines is 2. The highest BCUT2D eigenvalue weighted by atomic mass is 35.5. The third-order valence-corrected chi connectivity index (χ3v) is 6.20. The van der Waals surface area contributed by atoms with E-state index < -0.39 is 0 Å². The summed E-state index contributed by atoms with van der Waals surface area (Å²) in [5.41, 5.74) is 3.13. The smallest absolute Gasteiger partial charge is 0.126 e. The fraction of sp³-hybridized carbons (Fsp3) is 0.478. The Hall–Kier alpha value is -2.11. The largest absolute Gasteiger partial charge is 0.370 e. The van der Waals surface area contributed by atoms with Crippen LogP contribution >= 0.6 is 11.6 Å². The van der Waals surface area contributed by atoms with Gasteiger partial charge in [0.15, 0.2) is 0 Å². The molecular weight excluding hydrogens is 382 g/mol. The molecular formula is C23H30ClN5. The predicted molar refractivity (Wildman–Crippen MR) is 122 cm³/mol. The van der Waals surface area contributed by atoms with Gasteiger partial charge in [0.05, 0.1) is 10.7 Å². The van der Waals surface area contributed by atoms with Crippen LogP contribution in [0.2, 0.25) is 5.02 Å². The molecule has 2 fully saturated rings. The summed E-state index contributed by atoms with van der Waals surface area (Å²) in [5, 5.41) is 11.1. The Morgan fingerprint density at radius 3 is 2.83 bits per heavy atom. The summed E-state index contributed by atoms with van der Waals surface area (Å²) in [6.45, 7) is 7.24. The molecule has 3 N–H and O–H groups in total. The number of nitrogens with zero attached hydrogens (tertiary/aromatic N) is 2. The first kappa shape index (κ1) is 20.2. The molecule has 4 rings (SSSR count). The van der Waals surface area contributed by atoms with Crippen LogP contribution in [0.25, 0.3) is 11.3 Å². The second-order valence-electron chi connectivity index (χ2n) is 8.22. The van der Waals surface area contributed by atoms with Gasteiger partial charge in [-0.05, 0) is 75.7 Å². The highest BCUT2D eigenvalue weighted by Crippen LogP contribution is 2.30. The molecule has 1 aliphatic carbocycles. The number of aromatic nitrogens is 2. The standard InChI is InChI=1S/C23H30ClN5/c1-16-7-9-18(10-8-16)28-23-12-19(20(24)15-27-23)21-5-2-6-22(29-21)26-14-17-4-3-11-25-13-17/h2,5-6,12,15,17-18,25H,1,3-4,7-11,13-14H2,(H,26,29)(H,27,28)/t17-/m1/s1. The van der Waals surface area contributed by atoms with Gasteiger partial charge in [-0.2, -0.15) is 0 Å². The van der Waals surface area contributed by atoms with Crippen molar-refractivity contribution in [3.05, 3.63) is 47.6 Å². The van der Waals surface area contributed by atoms with Crippen LogP contribution in [0.4, 0.5) is 11.6 Å². The van der Waals surface area contributed by atoms with Crippen molar-refractivity contribution in [1.29, 1.82) is 0 Å². The van der Waals surface area contributed by atoms with Crippen LogP contribution in [-0.4, -0.2) is 35.6 Å². The highest BCUT2D eigenvalue weighted by Gasteiger charge is 2.17. The average molecular weight is 412 g/mol. The third-order valence-electron chi connectivity index (χ3n) is 5.90. The van der Waals surface area contributed by atoms with Crippen molar-refractivity contribution >= 4 is 23.2 Å². The minimum atomic E-state index is 0.437. The van der Waals surface area contributed by atoms with Crippen LogP contribution in [0.5, 0.6) is 0 Å². The number of hydrogen-bond acceptors (Lipinski definition) is 5. The van der Waals surface area contributed by atoms with Crippen molar-refractivity contribution in [2.45, 2.75) is 44.6 Å². The molecule has 0 spiro atoms. The summed E-state index contributed by atoms with van der Waals surface area (Å²) < 4.78 is 0. The third kappa shape index (κ3) is 5.49. The predicted octanol–water partition coefficient (Wildman–Crippen LogP) is 5.12. The highest BCUT2D eigenvalue weighted by molar-refractivity contribution is 6.33. The van der Waals surface area contributed by atoms with Crippen LogP contribution in [0.3, 0.4) is 0 Å². The lowest BCUT2D eigenvalue weighted by Crippen LogP contribution is -2.33. The zero-order valence-corrected chi connectivity index (χ0v) is 17.6. The van der Waals surface area contributed by atoms with Gasteiger partial charge in [-0.3, -0.25) is 0 Å². The normalized spacial score (nSPS) is 20.4. The molecule has 29 heavy (non-hydrogen) atoms. The summed E-state index contributed by atoms with van der Waals surface area (Å²) >= 11 is 6.47. The maximum atomic E-state index is 6.47. The molecule has 0 unspecified atom stereocenters. The van der Waals surface area contributed by atoms with Crippen molar-refractivity contribution in [2.75, 3.05) is 30.3 Å². The Bertz CT molecular complexity index is 837. The van der Waals surface area contributed by atoms with E-state index in [0.29, 0.717) is 17.0 Å². The maximum Gasteiger partial charge on any atom is 0.126 e. The van der Waals surface area contributed by atoms with Crippen LogP contribution in [0.15, 0.2) is 42.6 Å². The van der Waals surface area contributed by atoms with Crippen LogP contribution in [0.1, 0.15) is 38.5 Å². The van der Waals surface area contributed by atoms with E-state index in [0.717, 1.165) is 68.2 Å². The monoisotopic (exact) mass is 411 g/mol. The van der Waals surface area contributed by atoms with Crippen LogP contribution in [-0.2, 0) is 0 Å². The van der Waals surface area contributed by atoms with Gasteiger partial charge in [-0.15, -0.1) is 0 Å². The quantitative estimate of drug-likeness (QED) is 0.576. The maximum absolute atomic E-state index is 6.47. The van der Waals surface area contributed by atoms with Gasteiger partial charge in [0.2, 0.25) is 0 Å². The van der Waals surface area contributed by atoms with E-state index in [2.05, 4.69) is 27.5 Å². The number of halogens is 1. The summed E-state index contributed by atoms with van der Waals surface area (Å²) in [6.07, 6.45) is 8.61. The summed E-state index contributed by atoms with van der Waals surface area (Å²) in [6, 6.07) is 8.50. The number of nitrogens with one attached hydrogen (secondary N) is 3. The first-order valence-corrected chi connectivity index (χ1v) is 11.1. The van der Waals surface area contributed by atoms with Gasteiger partial charge in [-0.1, -0.05) is 29.8 Å². The van der Waals surface area contributed by atoms with Crippen LogP contribution in [0, 0.1) is 5.92 Å². The fourth-order valence-corrected chi connectivity index (χ4v) is 4.32. The van der Waals surface area contributed by atoms with Crippen molar-refractivity contribution in [2.24, 2.45) is 5.92 Å². The number of allylic oxidation sites excluding steroid dienone is 1. The van der Waals surface area contributed by atoms with Gasteiger partial charge in [-0.25, -0.2) is 9.97 Å². The van der Waals surface area contributed by atoms with E-state index >= 15 is 0 Å². The lowest BCUT2D eigenvalue weighted by molar-refractivity contribution is 0.392. The summed E-state index contributed by atoms with van der Waals surface area (Å²) in [7, 11) is 0. The Labute approximate surface area is 178 Å². The molecule has 2 aromatic heterocycles. The van der Waals surface area contributed by atoms with E-state index in [1.807, 2.05) is 24.3 Å². The van der Waals surface area contributed by atoms with E-state index in [1.54, 1.807) is 6.20 Å². The van der Waals surface area contributed by atoms with Gasteiger partial charge >= 0.3 is 0 Å². The van der Waals surface area contributed by atoms with E-state index in [4.69, 9.17) is 16.6 Å². The van der Waals surface area contributed by atoms with Gasteiger partial charge in [0, 0.05) is 24.3 Å². The van der Waals surface area contributed by atoms with Gasteiger partial charge < -0.3 is 16.0 Å². The molecule has 1 aliphatic heterocycles. The number of hydrogen-bond donors (Lipinski definition) is 3. The van der Waals surface area contributed by atoms with Crippen LogP contribution < -0.4 is 16.0 Å². The minimum absolute atomic E-state index is 0.437. The molecule has 1 saturated heterocycles. The molecule has 3 heterocycles. The van der Waals surface area contributed by atoms with Crippen molar-refractivity contribution in [3.8, 4) is 11.3 Å². The SMILES string of the molecule is C=C1CCC(Nc2cc(-c3cccc(NC[C@@H]4CCCNC4)n3)c(Cl)cn2)CC1. The summed E-state index contributed by atoms with van der Waals surface area (Å²) in [4.78, 5) is 9.28. The lowest BCUT2D eigenvalue weighted by Gasteiger charge is -2.25. The van der Waals surface area contributed by atoms with E-state index in [1.165, 1.54) is 18.4 Å². The number of pyridine rings is 2. The molecule has 0 bridgehead atoms. The molecule has 0 radical (unpaired) electrons. The zero-order chi connectivity index (χ0) is 20.1. The molecule has 1 atom stereocenters. The molecule has 6 heteroatoms. The minimum Gasteiger partial charge on any atom is -0.370 e. The summed E-state index contributed by atoms with van der Waals surface area (Å²) in [5.74, 6) is 2.40. The number of piperidine rings is 1. The molecule has 154 valence electrons. The Morgan fingerprint density at radius 2 is 2.03 bits per heavy atom. The second-order valence-corrected chi connectivity index (χ2v) is 8.63. The molecule has 0 aromatic carbocycles. The van der Waals surface area contributed by atoms with E-state index in [9.17, 15) is 0 Å². The molecule has 5 nitrogen and oxygen atoms in total. The van der Waals surface area contributed by atoms with Gasteiger partial charge in [0.1, 0.15) is 11.6 Å². The lowest BCUT2D eigenvalue weighted by atomic mass is 9.92. The first-order valence-electron chi connectivity index (χ1n) is 10.7. The van der Waals surface area contributed by atoms with Crippen molar-refractivity contribution in [3.63, 3.8) is 0 Å². The molecule has 0 amide bonds. The first-order chi connectivity index (χ1) is 14.2. The average Bonchev–Trinajstić information content (AvgIpc) is 2.76. The fourth-order valence-electron chi connectivity index (χ4n) is 4.12. The second kappa shape index (κ2) is 9.59. The topological polar surface area (TPSA) is 61.9 Å². The molecule has 2 aromatic rings. The zero-order valence-electron chi connectivity index (χ0n) is 16.9. The van der Waals surface area contributed by atoms with Crippen molar-refractivity contribution < 1.29 is 0 Å². The van der Waals surface area contributed by atoms with Gasteiger partial charge in [0.25, 0.3) is 0 Å². The Morgan fingerprint density at radius 1 is 1.17 bits per heavy atom. The molecule has 1 saturated carbocycles. The molecule has 2 aliphatic rings. The van der Waals surface area contributed by atoms with Crippen molar-refractivity contribution in [1.82, 2.24) is 15.3 Å².